The molecule has 3 rings (SSSR count). The molecule has 0 N–H and O–H groups in total. The Balaban J connectivity index is 1.71. The molecule has 3 heteroatoms. The number of rotatable bonds is 4. The van der Waals surface area contributed by atoms with Crippen molar-refractivity contribution in [2.75, 3.05) is 5.33 Å². The summed E-state index contributed by atoms with van der Waals surface area (Å²) in [6.45, 7) is 0. The minimum absolute atomic E-state index is 0.258. The van der Waals surface area contributed by atoms with Crippen LogP contribution in [-0.4, -0.2) is 11.4 Å². The Morgan fingerprint density at radius 3 is 2.80 bits per heavy atom. The number of halogens is 2. The van der Waals surface area contributed by atoms with Crippen LogP contribution in [0, 0.1) is 0 Å². The van der Waals surface area contributed by atoms with Gasteiger partial charge in [0, 0.05) is 16.8 Å². The van der Waals surface area contributed by atoms with E-state index in [-0.39, 0.29) is 6.10 Å². The molecule has 1 nitrogen and oxygen atoms in total. The first-order valence-electron chi connectivity index (χ1n) is 6.82. The monoisotopic (exact) mass is 350 g/mol. The standard InChI is InChI=1S/C17H16BrClO/c18-11-14(12-5-3-6-15(19)8-12)10-16-9-13-4-1-2-7-17(13)20-16/h1-8,14,16H,9-11H2. The van der Waals surface area contributed by atoms with E-state index in [0.29, 0.717) is 5.92 Å². The number of alkyl halides is 1. The number of para-hydroxylation sites is 1. The van der Waals surface area contributed by atoms with Crippen LogP contribution in [0.2, 0.25) is 5.02 Å². The Morgan fingerprint density at radius 2 is 2.05 bits per heavy atom. The topological polar surface area (TPSA) is 9.23 Å². The molecule has 0 saturated heterocycles. The second-order valence-electron chi connectivity index (χ2n) is 5.19. The summed E-state index contributed by atoms with van der Waals surface area (Å²) in [5, 5.41) is 1.72. The summed E-state index contributed by atoms with van der Waals surface area (Å²) in [4.78, 5) is 0. The zero-order valence-corrected chi connectivity index (χ0v) is 13.4. The molecule has 0 aliphatic carbocycles. The molecule has 0 aromatic heterocycles. The van der Waals surface area contributed by atoms with E-state index >= 15 is 0 Å². The molecule has 2 atom stereocenters. The summed E-state index contributed by atoms with van der Waals surface area (Å²) in [5.41, 5.74) is 2.59. The largest absolute Gasteiger partial charge is 0.490 e. The molecule has 1 aliphatic rings. The first-order chi connectivity index (χ1) is 9.76. The molecule has 0 spiro atoms. The predicted octanol–water partition coefficient (Wildman–Crippen LogP) is 5.21. The Kier molecular flexibility index (Phi) is 4.32. The van der Waals surface area contributed by atoms with Crippen molar-refractivity contribution in [1.29, 1.82) is 0 Å². The lowest BCUT2D eigenvalue weighted by Gasteiger charge is -2.19. The van der Waals surface area contributed by atoms with Gasteiger partial charge in [0.05, 0.1) is 0 Å². The minimum Gasteiger partial charge on any atom is -0.490 e. The van der Waals surface area contributed by atoms with Crippen molar-refractivity contribution in [3.8, 4) is 5.75 Å². The van der Waals surface area contributed by atoms with Gasteiger partial charge in [-0.05, 0) is 41.7 Å². The minimum atomic E-state index is 0.258. The highest BCUT2D eigenvalue weighted by Gasteiger charge is 2.25. The van der Waals surface area contributed by atoms with E-state index in [1.807, 2.05) is 18.2 Å². The number of benzene rings is 2. The molecule has 1 heterocycles. The zero-order valence-electron chi connectivity index (χ0n) is 11.1. The Labute approximate surface area is 133 Å². The molecular weight excluding hydrogens is 336 g/mol. The van der Waals surface area contributed by atoms with Crippen molar-refractivity contribution < 1.29 is 4.74 Å². The third-order valence-electron chi connectivity index (χ3n) is 3.77. The fraction of sp³-hybridized carbons (Fsp3) is 0.294. The maximum absolute atomic E-state index is 6.09. The van der Waals surface area contributed by atoms with Gasteiger partial charge in [-0.15, -0.1) is 0 Å². The highest BCUT2D eigenvalue weighted by atomic mass is 79.9. The average molecular weight is 352 g/mol. The lowest BCUT2D eigenvalue weighted by molar-refractivity contribution is 0.213. The zero-order chi connectivity index (χ0) is 13.9. The average Bonchev–Trinajstić information content (AvgIpc) is 2.87. The maximum Gasteiger partial charge on any atom is 0.123 e. The van der Waals surface area contributed by atoms with Crippen molar-refractivity contribution in [2.45, 2.75) is 24.9 Å². The summed E-state index contributed by atoms with van der Waals surface area (Å²) in [5.74, 6) is 1.46. The first kappa shape index (κ1) is 14.0. The van der Waals surface area contributed by atoms with Crippen LogP contribution < -0.4 is 4.74 Å². The molecule has 2 aromatic rings. The van der Waals surface area contributed by atoms with Crippen molar-refractivity contribution in [2.24, 2.45) is 0 Å². The quantitative estimate of drug-likeness (QED) is 0.687. The van der Waals surface area contributed by atoms with Crippen LogP contribution in [0.3, 0.4) is 0 Å². The van der Waals surface area contributed by atoms with Crippen LogP contribution in [0.25, 0.3) is 0 Å². The Morgan fingerprint density at radius 1 is 1.20 bits per heavy atom. The third-order valence-corrected chi connectivity index (χ3v) is 4.78. The van der Waals surface area contributed by atoms with E-state index in [2.05, 4.69) is 46.3 Å². The molecule has 0 amide bonds. The highest BCUT2D eigenvalue weighted by molar-refractivity contribution is 9.09. The summed E-state index contributed by atoms with van der Waals surface area (Å²) in [7, 11) is 0. The smallest absolute Gasteiger partial charge is 0.123 e. The van der Waals surface area contributed by atoms with Crippen LogP contribution >= 0.6 is 27.5 Å². The van der Waals surface area contributed by atoms with Crippen molar-refractivity contribution in [3.05, 3.63) is 64.7 Å². The molecule has 0 fully saturated rings. The van der Waals surface area contributed by atoms with Crippen LogP contribution in [0.15, 0.2) is 48.5 Å². The summed E-state index contributed by atoms with van der Waals surface area (Å²) in [6, 6.07) is 16.4. The molecule has 104 valence electrons. The van der Waals surface area contributed by atoms with Crippen molar-refractivity contribution in [1.82, 2.24) is 0 Å². The molecule has 20 heavy (non-hydrogen) atoms. The predicted molar refractivity (Wildman–Crippen MR) is 87.2 cm³/mol. The lowest BCUT2D eigenvalue weighted by atomic mass is 9.93. The van der Waals surface area contributed by atoms with Gasteiger partial charge in [0.2, 0.25) is 0 Å². The first-order valence-corrected chi connectivity index (χ1v) is 8.32. The maximum atomic E-state index is 6.09. The van der Waals surface area contributed by atoms with Crippen LogP contribution in [0.1, 0.15) is 23.5 Å². The van der Waals surface area contributed by atoms with E-state index in [4.69, 9.17) is 16.3 Å². The van der Waals surface area contributed by atoms with Gasteiger partial charge in [0.25, 0.3) is 0 Å². The van der Waals surface area contributed by atoms with Crippen molar-refractivity contribution in [3.63, 3.8) is 0 Å². The number of ether oxygens (including phenoxy) is 1. The van der Waals surface area contributed by atoms with E-state index in [0.717, 1.165) is 28.9 Å². The van der Waals surface area contributed by atoms with E-state index in [9.17, 15) is 0 Å². The molecular formula is C17H16BrClO. The third kappa shape index (κ3) is 3.02. The fourth-order valence-corrected chi connectivity index (χ4v) is 3.59. The van der Waals surface area contributed by atoms with Gasteiger partial charge in [-0.3, -0.25) is 0 Å². The molecule has 2 aromatic carbocycles. The number of hydrogen-bond acceptors (Lipinski definition) is 1. The van der Waals surface area contributed by atoms with E-state index in [1.165, 1.54) is 11.1 Å². The Hall–Kier alpha value is -0.990. The molecule has 1 aliphatic heterocycles. The van der Waals surface area contributed by atoms with Gasteiger partial charge in [-0.2, -0.15) is 0 Å². The van der Waals surface area contributed by atoms with Gasteiger partial charge in [0.15, 0.2) is 0 Å². The summed E-state index contributed by atoms with van der Waals surface area (Å²) in [6.07, 6.45) is 2.26. The number of hydrogen-bond donors (Lipinski definition) is 0. The summed E-state index contributed by atoms with van der Waals surface area (Å²) < 4.78 is 6.04. The van der Waals surface area contributed by atoms with E-state index < -0.39 is 0 Å². The fourth-order valence-electron chi connectivity index (χ4n) is 2.75. The molecule has 0 saturated carbocycles. The van der Waals surface area contributed by atoms with Gasteiger partial charge < -0.3 is 4.74 Å². The second kappa shape index (κ2) is 6.19. The molecule has 0 radical (unpaired) electrons. The van der Waals surface area contributed by atoms with E-state index in [1.54, 1.807) is 0 Å². The van der Waals surface area contributed by atoms with Gasteiger partial charge in [0.1, 0.15) is 11.9 Å². The van der Waals surface area contributed by atoms with Gasteiger partial charge >= 0.3 is 0 Å². The number of fused-ring (bicyclic) bond motifs is 1. The van der Waals surface area contributed by atoms with Gasteiger partial charge in [-0.25, -0.2) is 0 Å². The van der Waals surface area contributed by atoms with Crippen LogP contribution in [0.4, 0.5) is 0 Å². The lowest BCUT2D eigenvalue weighted by Crippen LogP contribution is -2.18. The highest BCUT2D eigenvalue weighted by Crippen LogP contribution is 2.34. The van der Waals surface area contributed by atoms with Crippen LogP contribution in [-0.2, 0) is 6.42 Å². The van der Waals surface area contributed by atoms with Crippen molar-refractivity contribution >= 4 is 27.5 Å². The second-order valence-corrected chi connectivity index (χ2v) is 6.28. The Bertz CT molecular complexity index is 574. The summed E-state index contributed by atoms with van der Waals surface area (Å²) >= 11 is 9.71. The van der Waals surface area contributed by atoms with Gasteiger partial charge in [-0.1, -0.05) is 57.9 Å². The van der Waals surface area contributed by atoms with Crippen LogP contribution in [0.5, 0.6) is 5.75 Å². The SMILES string of the molecule is Clc1cccc(C(CBr)CC2Cc3ccccc3O2)c1. The normalized spacial score (nSPS) is 18.4. The molecule has 0 bridgehead atoms. The molecule has 2 unspecified atom stereocenters.